The first-order valence-electron chi connectivity index (χ1n) is 19.2. The minimum atomic E-state index is -2.13. The molecular formula is C34H60O25. The number of ether oxygens (including phenoxy) is 10. The fourth-order valence-corrected chi connectivity index (χ4v) is 7.37. The quantitative estimate of drug-likeness (QED) is 0.0817. The molecule has 0 aromatic carbocycles. The van der Waals surface area contributed by atoms with E-state index in [-0.39, 0.29) is 0 Å². The summed E-state index contributed by atoms with van der Waals surface area (Å²) in [5.41, 5.74) is -0.873. The van der Waals surface area contributed by atoms with Gasteiger partial charge >= 0.3 is 0 Å². The van der Waals surface area contributed by atoms with E-state index >= 15 is 0 Å². The normalized spacial score (nSPS) is 51.4. The highest BCUT2D eigenvalue weighted by Gasteiger charge is 2.57. The highest BCUT2D eigenvalue weighted by Crippen LogP contribution is 2.36. The topological polar surface area (TPSA) is 396 Å². The van der Waals surface area contributed by atoms with Crippen molar-refractivity contribution in [2.45, 2.75) is 187 Å². The molecule has 5 heterocycles. The number of aliphatic hydroxyl groups is 15. The molecule has 5 fully saturated rings. The monoisotopic (exact) mass is 868 g/mol. The second kappa shape index (κ2) is 20.2. The Morgan fingerprint density at radius 1 is 0.356 bits per heavy atom. The van der Waals surface area contributed by atoms with Crippen molar-refractivity contribution >= 4 is 0 Å². The molecule has 5 rings (SSSR count). The van der Waals surface area contributed by atoms with Gasteiger partial charge in [0.2, 0.25) is 0 Å². The first kappa shape index (κ1) is 49.0. The van der Waals surface area contributed by atoms with E-state index in [4.69, 9.17) is 47.4 Å². The number of rotatable bonds is 13. The third-order valence-corrected chi connectivity index (χ3v) is 10.7. The Kier molecular flexibility index (Phi) is 16.8. The average Bonchev–Trinajstić information content (AvgIpc) is 3.19. The predicted octanol–water partition coefficient (Wildman–Crippen LogP) is -9.07. The van der Waals surface area contributed by atoms with Gasteiger partial charge < -0.3 is 124 Å². The van der Waals surface area contributed by atoms with Gasteiger partial charge in [0.15, 0.2) is 31.5 Å². The molecule has 5 aliphatic rings. The van der Waals surface area contributed by atoms with Gasteiger partial charge in [0.1, 0.15) is 116 Å². The average molecular weight is 869 g/mol. The van der Waals surface area contributed by atoms with Crippen molar-refractivity contribution in [2.75, 3.05) is 26.4 Å². The predicted molar refractivity (Wildman–Crippen MR) is 184 cm³/mol. The fraction of sp³-hybridized carbons (Fsp3) is 1.00. The second-order valence-electron chi connectivity index (χ2n) is 16.1. The summed E-state index contributed by atoms with van der Waals surface area (Å²) in [5, 5.41) is 159. The van der Waals surface area contributed by atoms with E-state index < -0.39 is 186 Å². The van der Waals surface area contributed by atoms with Crippen LogP contribution in [-0.4, -0.2) is 262 Å². The lowest BCUT2D eigenvalue weighted by atomic mass is 9.95. The Labute approximate surface area is 337 Å². The molecule has 0 spiro atoms. The van der Waals surface area contributed by atoms with Crippen molar-refractivity contribution in [3.05, 3.63) is 0 Å². The lowest BCUT2D eigenvalue weighted by Gasteiger charge is -2.50. The summed E-state index contributed by atoms with van der Waals surface area (Å²) in [6.07, 6.45) is -44.4. The van der Waals surface area contributed by atoms with Crippen LogP contribution in [0.3, 0.4) is 0 Å². The molecule has 0 radical (unpaired) electrons. The first-order chi connectivity index (χ1) is 27.7. The first-order valence-corrected chi connectivity index (χ1v) is 19.2. The van der Waals surface area contributed by atoms with Crippen LogP contribution in [0.5, 0.6) is 0 Å². The minimum absolute atomic E-state index is 0.725. The lowest BCUT2D eigenvalue weighted by molar-refractivity contribution is -0.399. The zero-order valence-electron chi connectivity index (χ0n) is 32.6. The summed E-state index contributed by atoms with van der Waals surface area (Å²) >= 11 is 0. The van der Waals surface area contributed by atoms with E-state index in [2.05, 4.69) is 0 Å². The van der Waals surface area contributed by atoms with E-state index in [1.165, 1.54) is 6.92 Å². The van der Waals surface area contributed by atoms with E-state index in [0.717, 1.165) is 0 Å². The molecule has 25 atom stereocenters. The fourth-order valence-electron chi connectivity index (χ4n) is 7.37. The SMILES string of the molecule is CC1OC(OC2C(O)C(CO)OC(OC(C)(C)C)C2O)C(O)C(OC2OC(CO)C(O)C(OC3OC(CO)C(O)C(O)C3OC3OC(CO)C(O)C(O)C3O)C2O)C1O. The Balaban J connectivity index is 1.36. The molecule has 0 saturated carbocycles. The summed E-state index contributed by atoms with van der Waals surface area (Å²) in [6.45, 7) is 2.88. The smallest absolute Gasteiger partial charge is 0.187 e. The van der Waals surface area contributed by atoms with Crippen LogP contribution in [-0.2, 0) is 47.4 Å². The molecule has 346 valence electrons. The Morgan fingerprint density at radius 3 is 1.17 bits per heavy atom. The Bertz CT molecular complexity index is 1290. The van der Waals surface area contributed by atoms with Gasteiger partial charge in [-0.2, -0.15) is 0 Å². The molecule has 25 unspecified atom stereocenters. The molecule has 5 saturated heterocycles. The van der Waals surface area contributed by atoms with Crippen molar-refractivity contribution in [1.29, 1.82) is 0 Å². The zero-order valence-corrected chi connectivity index (χ0v) is 32.6. The Morgan fingerprint density at radius 2 is 0.695 bits per heavy atom. The van der Waals surface area contributed by atoms with E-state index in [1.54, 1.807) is 20.8 Å². The maximum Gasteiger partial charge on any atom is 0.187 e. The van der Waals surface area contributed by atoms with Crippen LogP contribution >= 0.6 is 0 Å². The molecule has 0 amide bonds. The third-order valence-electron chi connectivity index (χ3n) is 10.7. The largest absolute Gasteiger partial charge is 0.394 e. The molecule has 25 nitrogen and oxygen atoms in total. The molecule has 0 aliphatic carbocycles. The van der Waals surface area contributed by atoms with Crippen molar-refractivity contribution in [2.24, 2.45) is 0 Å². The van der Waals surface area contributed by atoms with Crippen LogP contribution in [0.4, 0.5) is 0 Å². The van der Waals surface area contributed by atoms with Gasteiger partial charge in [-0.05, 0) is 27.7 Å². The van der Waals surface area contributed by atoms with Crippen LogP contribution in [0.2, 0.25) is 0 Å². The van der Waals surface area contributed by atoms with Gasteiger partial charge in [-0.1, -0.05) is 0 Å². The summed E-state index contributed by atoms with van der Waals surface area (Å²) in [4.78, 5) is 0. The van der Waals surface area contributed by atoms with Crippen LogP contribution in [0.15, 0.2) is 0 Å². The summed E-state index contributed by atoms with van der Waals surface area (Å²) in [6, 6.07) is 0. The van der Waals surface area contributed by atoms with Crippen molar-refractivity contribution < 1.29 is 124 Å². The third kappa shape index (κ3) is 10.5. The summed E-state index contributed by atoms with van der Waals surface area (Å²) in [7, 11) is 0. The van der Waals surface area contributed by atoms with Crippen LogP contribution in [0.1, 0.15) is 27.7 Å². The maximum atomic E-state index is 11.5. The van der Waals surface area contributed by atoms with Gasteiger partial charge in [-0.15, -0.1) is 0 Å². The van der Waals surface area contributed by atoms with Crippen LogP contribution < -0.4 is 0 Å². The second-order valence-corrected chi connectivity index (χ2v) is 16.1. The van der Waals surface area contributed by atoms with E-state index in [1.807, 2.05) is 0 Å². The standard InChI is InChI=1S/C34H60O25/c1-9-14(39)25(22(47)30(50-9)56-27-18(43)13(8-38)53-32(24(27)49)59-34(2,3)4)55-31-23(48)26(17(42)12(7-37)52-31)57-33-28(20(45)16(41)11(6-36)54-33)58-29-21(46)19(44)15(40)10(5-35)51-29/h9-33,35-49H,5-8H2,1-4H3. The Hall–Kier alpha value is -1.00. The maximum absolute atomic E-state index is 11.5. The zero-order chi connectivity index (χ0) is 43.8. The van der Waals surface area contributed by atoms with E-state index in [9.17, 15) is 76.6 Å². The van der Waals surface area contributed by atoms with Crippen molar-refractivity contribution in [3.8, 4) is 0 Å². The minimum Gasteiger partial charge on any atom is -0.394 e. The van der Waals surface area contributed by atoms with Gasteiger partial charge in [-0.25, -0.2) is 0 Å². The molecule has 5 aliphatic heterocycles. The number of aliphatic hydroxyl groups excluding tert-OH is 15. The molecule has 0 aromatic rings. The van der Waals surface area contributed by atoms with Crippen LogP contribution in [0.25, 0.3) is 0 Å². The molecule has 0 bridgehead atoms. The molecule has 25 heteroatoms. The van der Waals surface area contributed by atoms with Gasteiger partial charge in [0.05, 0.1) is 38.1 Å². The van der Waals surface area contributed by atoms with Gasteiger partial charge in [0.25, 0.3) is 0 Å². The summed E-state index contributed by atoms with van der Waals surface area (Å²) in [5.74, 6) is 0. The highest BCUT2D eigenvalue weighted by atomic mass is 16.8. The van der Waals surface area contributed by atoms with Gasteiger partial charge in [0, 0.05) is 0 Å². The van der Waals surface area contributed by atoms with Gasteiger partial charge in [-0.3, -0.25) is 0 Å². The van der Waals surface area contributed by atoms with Crippen molar-refractivity contribution in [1.82, 2.24) is 0 Å². The number of hydrogen-bond donors (Lipinski definition) is 15. The number of hydrogen-bond acceptors (Lipinski definition) is 25. The highest BCUT2D eigenvalue weighted by molar-refractivity contribution is 4.99. The lowest BCUT2D eigenvalue weighted by Crippen LogP contribution is -2.68. The summed E-state index contributed by atoms with van der Waals surface area (Å²) < 4.78 is 56.6. The molecule has 0 aromatic heterocycles. The van der Waals surface area contributed by atoms with Crippen LogP contribution in [0, 0.1) is 0 Å². The van der Waals surface area contributed by atoms with Crippen molar-refractivity contribution in [3.63, 3.8) is 0 Å². The van der Waals surface area contributed by atoms with E-state index in [0.29, 0.717) is 0 Å². The molecule has 15 N–H and O–H groups in total. The molecule has 59 heavy (non-hydrogen) atoms. The molecular weight excluding hydrogens is 808 g/mol.